The lowest BCUT2D eigenvalue weighted by molar-refractivity contribution is 0.195. The lowest BCUT2D eigenvalue weighted by atomic mass is 10.3. The minimum Gasteiger partial charge on any atom is -0.385 e. The number of hydrogen-bond acceptors (Lipinski definition) is 3. The minimum absolute atomic E-state index is 0.537. The normalized spacial score (nSPS) is 17.9. The second-order valence-electron chi connectivity index (χ2n) is 4.97. The van der Waals surface area contributed by atoms with Gasteiger partial charge in [0.05, 0.1) is 0 Å². The first-order valence-corrected chi connectivity index (χ1v) is 6.84. The number of methoxy groups -OCH3 is 1. The van der Waals surface area contributed by atoms with Gasteiger partial charge in [0.2, 0.25) is 0 Å². The van der Waals surface area contributed by atoms with E-state index in [2.05, 4.69) is 34.5 Å². The highest BCUT2D eigenvalue weighted by Crippen LogP contribution is 2.26. The van der Waals surface area contributed by atoms with E-state index in [0.29, 0.717) is 6.04 Å². The average Bonchev–Trinajstić information content (AvgIpc) is 3.21. The molecule has 0 aromatic heterocycles. The van der Waals surface area contributed by atoms with E-state index in [1.165, 1.54) is 12.8 Å². The quantitative estimate of drug-likeness (QED) is 0.381. The van der Waals surface area contributed by atoms with Gasteiger partial charge in [0.15, 0.2) is 5.96 Å². The number of rotatable bonds is 8. The van der Waals surface area contributed by atoms with E-state index < -0.39 is 0 Å². The molecule has 1 fully saturated rings. The first kappa shape index (κ1) is 15.2. The second-order valence-corrected chi connectivity index (χ2v) is 4.97. The molecule has 0 aromatic rings. The maximum absolute atomic E-state index is 5.01. The molecule has 106 valence electrons. The summed E-state index contributed by atoms with van der Waals surface area (Å²) in [6.07, 6.45) is 3.70. The summed E-state index contributed by atoms with van der Waals surface area (Å²) in [6.45, 7) is 4.85. The summed E-state index contributed by atoms with van der Waals surface area (Å²) in [4.78, 5) is 6.66. The molecule has 1 saturated carbocycles. The van der Waals surface area contributed by atoms with Crippen LogP contribution in [0.4, 0.5) is 0 Å². The predicted octanol–water partition coefficient (Wildman–Crippen LogP) is 0.671. The smallest absolute Gasteiger partial charge is 0.191 e. The molecule has 1 rings (SSSR count). The van der Waals surface area contributed by atoms with Crippen molar-refractivity contribution >= 4 is 5.96 Å². The van der Waals surface area contributed by atoms with Crippen molar-refractivity contribution in [3.05, 3.63) is 0 Å². The molecule has 0 aliphatic heterocycles. The molecule has 1 aliphatic carbocycles. The van der Waals surface area contributed by atoms with Gasteiger partial charge >= 0.3 is 0 Å². The van der Waals surface area contributed by atoms with Crippen LogP contribution in [0.15, 0.2) is 4.99 Å². The van der Waals surface area contributed by atoms with Gasteiger partial charge < -0.3 is 15.4 Å². The Morgan fingerprint density at radius 3 is 2.72 bits per heavy atom. The van der Waals surface area contributed by atoms with Gasteiger partial charge in [-0.1, -0.05) is 0 Å². The highest BCUT2D eigenvalue weighted by Gasteiger charge is 2.28. The van der Waals surface area contributed by atoms with Gasteiger partial charge in [-0.2, -0.15) is 0 Å². The molecule has 5 heteroatoms. The zero-order valence-corrected chi connectivity index (χ0v) is 12.2. The van der Waals surface area contributed by atoms with Gasteiger partial charge in [-0.05, 0) is 33.2 Å². The SMILES string of the molecule is CN=C(NCCCOC)NCC(C)N(C)C1CC1. The van der Waals surface area contributed by atoms with Gasteiger partial charge in [0.25, 0.3) is 0 Å². The van der Waals surface area contributed by atoms with Crippen LogP contribution in [0.25, 0.3) is 0 Å². The van der Waals surface area contributed by atoms with Gasteiger partial charge in [-0.15, -0.1) is 0 Å². The number of nitrogens with one attached hydrogen (secondary N) is 2. The molecule has 1 unspecified atom stereocenters. The third-order valence-electron chi connectivity index (χ3n) is 3.42. The van der Waals surface area contributed by atoms with Crippen LogP contribution < -0.4 is 10.6 Å². The Morgan fingerprint density at radius 1 is 1.44 bits per heavy atom. The van der Waals surface area contributed by atoms with Crippen molar-refractivity contribution in [2.75, 3.05) is 40.9 Å². The Balaban J connectivity index is 2.14. The molecular formula is C13H28N4O. The summed E-state index contributed by atoms with van der Waals surface area (Å²) in [7, 11) is 5.74. The first-order valence-electron chi connectivity index (χ1n) is 6.84. The average molecular weight is 256 g/mol. The summed E-state index contributed by atoms with van der Waals surface area (Å²) in [5, 5.41) is 6.65. The molecule has 5 nitrogen and oxygen atoms in total. The van der Waals surface area contributed by atoms with Crippen LogP contribution in [0.2, 0.25) is 0 Å². The maximum Gasteiger partial charge on any atom is 0.191 e. The van der Waals surface area contributed by atoms with E-state index in [1.54, 1.807) is 14.2 Å². The zero-order chi connectivity index (χ0) is 13.4. The fourth-order valence-electron chi connectivity index (χ4n) is 1.87. The van der Waals surface area contributed by atoms with Gasteiger partial charge in [0.1, 0.15) is 0 Å². The van der Waals surface area contributed by atoms with Gasteiger partial charge in [-0.25, -0.2) is 0 Å². The van der Waals surface area contributed by atoms with Crippen molar-refractivity contribution in [1.82, 2.24) is 15.5 Å². The molecule has 0 radical (unpaired) electrons. The minimum atomic E-state index is 0.537. The highest BCUT2D eigenvalue weighted by atomic mass is 16.5. The van der Waals surface area contributed by atoms with Crippen molar-refractivity contribution in [2.24, 2.45) is 4.99 Å². The zero-order valence-electron chi connectivity index (χ0n) is 12.2. The second kappa shape index (κ2) is 8.32. The van der Waals surface area contributed by atoms with Crippen LogP contribution in [0.1, 0.15) is 26.2 Å². The Bertz CT molecular complexity index is 253. The lowest BCUT2D eigenvalue weighted by Gasteiger charge is -2.25. The first-order chi connectivity index (χ1) is 8.69. The van der Waals surface area contributed by atoms with Crippen molar-refractivity contribution in [2.45, 2.75) is 38.3 Å². The van der Waals surface area contributed by atoms with E-state index in [4.69, 9.17) is 4.74 Å². The predicted molar refractivity (Wildman–Crippen MR) is 76.1 cm³/mol. The number of hydrogen-bond donors (Lipinski definition) is 2. The van der Waals surface area contributed by atoms with Crippen molar-refractivity contribution in [3.8, 4) is 0 Å². The molecule has 0 bridgehead atoms. The highest BCUT2D eigenvalue weighted by molar-refractivity contribution is 5.79. The van der Waals surface area contributed by atoms with Crippen molar-refractivity contribution in [3.63, 3.8) is 0 Å². The van der Waals surface area contributed by atoms with Crippen LogP contribution >= 0.6 is 0 Å². The Morgan fingerprint density at radius 2 is 2.17 bits per heavy atom. The van der Waals surface area contributed by atoms with E-state index in [-0.39, 0.29) is 0 Å². The summed E-state index contributed by atoms with van der Waals surface area (Å²) in [5.74, 6) is 0.877. The molecule has 1 aliphatic rings. The summed E-state index contributed by atoms with van der Waals surface area (Å²) < 4.78 is 5.01. The largest absolute Gasteiger partial charge is 0.385 e. The monoisotopic (exact) mass is 256 g/mol. The van der Waals surface area contributed by atoms with E-state index in [1.807, 2.05) is 0 Å². The molecule has 0 spiro atoms. The number of nitrogens with zero attached hydrogens (tertiary/aromatic N) is 2. The van der Waals surface area contributed by atoms with Crippen LogP contribution in [-0.4, -0.2) is 63.8 Å². The summed E-state index contributed by atoms with van der Waals surface area (Å²) in [6, 6.07) is 1.34. The standard InChI is InChI=1S/C13H28N4O/c1-11(17(3)12-6-7-12)10-16-13(14-2)15-8-5-9-18-4/h11-12H,5-10H2,1-4H3,(H2,14,15,16). The molecular weight excluding hydrogens is 228 g/mol. The van der Waals surface area contributed by atoms with Crippen molar-refractivity contribution < 1.29 is 4.74 Å². The van der Waals surface area contributed by atoms with Crippen LogP contribution in [0, 0.1) is 0 Å². The van der Waals surface area contributed by atoms with Crippen LogP contribution in [0.5, 0.6) is 0 Å². The van der Waals surface area contributed by atoms with Gasteiger partial charge in [-0.3, -0.25) is 9.89 Å². The third kappa shape index (κ3) is 5.69. The fraction of sp³-hybridized carbons (Fsp3) is 0.923. The number of ether oxygens (including phenoxy) is 1. The molecule has 18 heavy (non-hydrogen) atoms. The van der Waals surface area contributed by atoms with E-state index in [9.17, 15) is 0 Å². The molecule has 0 aromatic carbocycles. The van der Waals surface area contributed by atoms with Crippen molar-refractivity contribution in [1.29, 1.82) is 0 Å². The summed E-state index contributed by atoms with van der Waals surface area (Å²) in [5.41, 5.74) is 0. The maximum atomic E-state index is 5.01. The van der Waals surface area contributed by atoms with E-state index in [0.717, 1.165) is 38.1 Å². The lowest BCUT2D eigenvalue weighted by Crippen LogP contribution is -2.45. The molecule has 0 heterocycles. The van der Waals surface area contributed by atoms with Crippen LogP contribution in [0.3, 0.4) is 0 Å². The molecule has 0 amide bonds. The van der Waals surface area contributed by atoms with Gasteiger partial charge in [0, 0.05) is 45.9 Å². The topological polar surface area (TPSA) is 48.9 Å². The van der Waals surface area contributed by atoms with Crippen LogP contribution in [-0.2, 0) is 4.74 Å². The fourth-order valence-corrected chi connectivity index (χ4v) is 1.87. The number of aliphatic imine (C=N–C) groups is 1. The molecule has 1 atom stereocenters. The third-order valence-corrected chi connectivity index (χ3v) is 3.42. The Hall–Kier alpha value is -0.810. The number of guanidine groups is 1. The van der Waals surface area contributed by atoms with E-state index >= 15 is 0 Å². The Labute approximate surface area is 111 Å². The summed E-state index contributed by atoms with van der Waals surface area (Å²) >= 11 is 0. The Kier molecular flexibility index (Phi) is 7.05. The number of likely N-dealkylation sites (N-methyl/N-ethyl adjacent to an activating group) is 1. The molecule has 2 N–H and O–H groups in total. The molecule has 0 saturated heterocycles.